The van der Waals surface area contributed by atoms with E-state index in [1.54, 1.807) is 6.92 Å². The second-order valence-corrected chi connectivity index (χ2v) is 7.40. The Kier molecular flexibility index (Phi) is 4.72. The SMILES string of the molecule is Cc1nc2sc(C(=O)N(Cc3ccccc3)C(C)C)c(C)c2c(=O)[nH]1. The zero-order chi connectivity index (χ0) is 18.1. The summed E-state index contributed by atoms with van der Waals surface area (Å²) in [5.41, 5.74) is 1.60. The minimum absolute atomic E-state index is 0.0466. The van der Waals surface area contributed by atoms with E-state index in [9.17, 15) is 9.59 Å². The molecular weight excluding hydrogens is 334 g/mol. The number of carbonyl (C=O) groups is 1. The Balaban J connectivity index is 2.03. The molecule has 0 saturated carbocycles. The van der Waals surface area contributed by atoms with Crippen molar-refractivity contribution in [1.82, 2.24) is 14.9 Å². The van der Waals surface area contributed by atoms with Gasteiger partial charge in [-0.2, -0.15) is 0 Å². The normalized spacial score (nSPS) is 11.2. The Morgan fingerprint density at radius 1 is 1.24 bits per heavy atom. The van der Waals surface area contributed by atoms with Crippen LogP contribution in [-0.4, -0.2) is 26.8 Å². The first-order valence-corrected chi connectivity index (χ1v) is 9.05. The van der Waals surface area contributed by atoms with Crippen LogP contribution in [0.25, 0.3) is 10.2 Å². The molecule has 0 fully saturated rings. The number of hydrogen-bond acceptors (Lipinski definition) is 4. The van der Waals surface area contributed by atoms with Crippen molar-refractivity contribution in [3.05, 3.63) is 62.5 Å². The summed E-state index contributed by atoms with van der Waals surface area (Å²) in [5, 5.41) is 0.516. The fourth-order valence-electron chi connectivity index (χ4n) is 2.85. The third-order valence-electron chi connectivity index (χ3n) is 4.19. The number of aromatic nitrogens is 2. The Labute approximate surface area is 150 Å². The van der Waals surface area contributed by atoms with Gasteiger partial charge < -0.3 is 9.88 Å². The van der Waals surface area contributed by atoms with Gasteiger partial charge in [-0.25, -0.2) is 4.98 Å². The highest BCUT2D eigenvalue weighted by molar-refractivity contribution is 7.20. The van der Waals surface area contributed by atoms with Crippen LogP contribution in [0.5, 0.6) is 0 Å². The average molecular weight is 355 g/mol. The number of nitrogens with one attached hydrogen (secondary N) is 1. The van der Waals surface area contributed by atoms with Gasteiger partial charge in [0.2, 0.25) is 0 Å². The topological polar surface area (TPSA) is 66.1 Å². The second-order valence-electron chi connectivity index (χ2n) is 6.40. The molecular formula is C19H21N3O2S. The van der Waals surface area contributed by atoms with Crippen LogP contribution in [0.2, 0.25) is 0 Å². The summed E-state index contributed by atoms with van der Waals surface area (Å²) in [6.07, 6.45) is 0. The number of amides is 1. The van der Waals surface area contributed by atoms with E-state index >= 15 is 0 Å². The quantitative estimate of drug-likeness (QED) is 0.777. The van der Waals surface area contributed by atoms with Crippen molar-refractivity contribution in [2.75, 3.05) is 0 Å². The molecule has 3 aromatic rings. The molecule has 0 radical (unpaired) electrons. The van der Waals surface area contributed by atoms with E-state index in [0.29, 0.717) is 33.0 Å². The van der Waals surface area contributed by atoms with Crippen molar-refractivity contribution >= 4 is 27.5 Å². The van der Waals surface area contributed by atoms with Gasteiger partial charge in [0, 0.05) is 12.6 Å². The van der Waals surface area contributed by atoms with E-state index in [2.05, 4.69) is 9.97 Å². The van der Waals surface area contributed by atoms with E-state index in [1.807, 2.05) is 56.0 Å². The van der Waals surface area contributed by atoms with Gasteiger partial charge in [-0.15, -0.1) is 11.3 Å². The van der Waals surface area contributed by atoms with E-state index in [1.165, 1.54) is 11.3 Å². The van der Waals surface area contributed by atoms with Crippen molar-refractivity contribution in [1.29, 1.82) is 0 Å². The number of nitrogens with zero attached hydrogens (tertiary/aromatic N) is 2. The summed E-state index contributed by atoms with van der Waals surface area (Å²) in [4.78, 5) is 35.5. The molecule has 0 bridgehead atoms. The van der Waals surface area contributed by atoms with Crippen LogP contribution >= 0.6 is 11.3 Å². The molecule has 25 heavy (non-hydrogen) atoms. The first-order chi connectivity index (χ1) is 11.9. The smallest absolute Gasteiger partial charge is 0.264 e. The monoisotopic (exact) mass is 355 g/mol. The molecule has 2 aromatic heterocycles. The largest absolute Gasteiger partial charge is 0.331 e. The summed E-state index contributed by atoms with van der Waals surface area (Å²) in [6.45, 7) is 8.10. The van der Waals surface area contributed by atoms with Crippen molar-refractivity contribution in [2.24, 2.45) is 0 Å². The van der Waals surface area contributed by atoms with Gasteiger partial charge in [0.05, 0.1) is 10.3 Å². The minimum Gasteiger partial charge on any atom is -0.331 e. The molecule has 0 aliphatic rings. The van der Waals surface area contributed by atoms with Crippen LogP contribution in [0.15, 0.2) is 35.1 Å². The lowest BCUT2D eigenvalue weighted by Crippen LogP contribution is -2.36. The van der Waals surface area contributed by atoms with Crippen molar-refractivity contribution < 1.29 is 4.79 Å². The van der Waals surface area contributed by atoms with Gasteiger partial charge in [-0.3, -0.25) is 9.59 Å². The lowest BCUT2D eigenvalue weighted by Gasteiger charge is -2.26. The fraction of sp³-hybridized carbons (Fsp3) is 0.316. The molecule has 0 atom stereocenters. The number of aromatic amines is 1. The van der Waals surface area contributed by atoms with Crippen LogP contribution in [-0.2, 0) is 6.54 Å². The number of H-pyrrole nitrogens is 1. The number of aryl methyl sites for hydroxylation is 2. The van der Waals surface area contributed by atoms with Crippen LogP contribution in [0, 0.1) is 13.8 Å². The van der Waals surface area contributed by atoms with Gasteiger partial charge in [-0.1, -0.05) is 30.3 Å². The van der Waals surface area contributed by atoms with Crippen LogP contribution in [0.4, 0.5) is 0 Å². The number of hydrogen-bond donors (Lipinski definition) is 1. The summed E-state index contributed by atoms with van der Waals surface area (Å²) in [5.74, 6) is 0.499. The molecule has 5 nitrogen and oxygen atoms in total. The van der Waals surface area contributed by atoms with Crippen LogP contribution in [0.1, 0.15) is 40.5 Å². The van der Waals surface area contributed by atoms with E-state index in [0.717, 1.165) is 5.56 Å². The summed E-state index contributed by atoms with van der Waals surface area (Å²) >= 11 is 1.29. The number of benzene rings is 1. The van der Waals surface area contributed by atoms with Gasteiger partial charge in [0.25, 0.3) is 11.5 Å². The zero-order valence-electron chi connectivity index (χ0n) is 14.8. The predicted molar refractivity (Wildman–Crippen MR) is 101 cm³/mol. The maximum absolute atomic E-state index is 13.2. The third kappa shape index (κ3) is 3.35. The number of carbonyl (C=O) groups excluding carboxylic acids is 1. The summed E-state index contributed by atoms with van der Waals surface area (Å²) in [7, 11) is 0. The van der Waals surface area contributed by atoms with Gasteiger partial charge in [0.1, 0.15) is 10.7 Å². The number of fused-ring (bicyclic) bond motifs is 1. The maximum atomic E-state index is 13.2. The first kappa shape index (κ1) is 17.4. The first-order valence-electron chi connectivity index (χ1n) is 8.23. The van der Waals surface area contributed by atoms with Gasteiger partial charge >= 0.3 is 0 Å². The van der Waals surface area contributed by atoms with Crippen molar-refractivity contribution in [3.8, 4) is 0 Å². The highest BCUT2D eigenvalue weighted by atomic mass is 32.1. The highest BCUT2D eigenvalue weighted by Gasteiger charge is 2.25. The molecule has 3 rings (SSSR count). The van der Waals surface area contributed by atoms with Crippen LogP contribution < -0.4 is 5.56 Å². The highest BCUT2D eigenvalue weighted by Crippen LogP contribution is 2.29. The van der Waals surface area contributed by atoms with Crippen molar-refractivity contribution in [2.45, 2.75) is 40.3 Å². The number of rotatable bonds is 4. The number of thiophene rings is 1. The zero-order valence-corrected chi connectivity index (χ0v) is 15.6. The average Bonchev–Trinajstić information content (AvgIpc) is 2.89. The summed E-state index contributed by atoms with van der Waals surface area (Å²) in [6, 6.07) is 9.96. The van der Waals surface area contributed by atoms with Crippen molar-refractivity contribution in [3.63, 3.8) is 0 Å². The molecule has 1 aromatic carbocycles. The molecule has 0 saturated heterocycles. The predicted octanol–water partition coefficient (Wildman–Crippen LogP) is 3.65. The Morgan fingerprint density at radius 3 is 2.56 bits per heavy atom. The Morgan fingerprint density at radius 2 is 1.92 bits per heavy atom. The van der Waals surface area contributed by atoms with Gasteiger partial charge in [0.15, 0.2) is 0 Å². The van der Waals surface area contributed by atoms with Gasteiger partial charge in [-0.05, 0) is 38.8 Å². The van der Waals surface area contributed by atoms with E-state index in [4.69, 9.17) is 0 Å². The maximum Gasteiger partial charge on any atom is 0.264 e. The van der Waals surface area contributed by atoms with Crippen LogP contribution in [0.3, 0.4) is 0 Å². The molecule has 0 aliphatic heterocycles. The Hall–Kier alpha value is -2.47. The Bertz CT molecular complexity index is 973. The fourth-order valence-corrected chi connectivity index (χ4v) is 4.04. The van der Waals surface area contributed by atoms with E-state index in [-0.39, 0.29) is 17.5 Å². The minimum atomic E-state index is -0.186. The molecule has 1 N–H and O–H groups in total. The molecule has 2 heterocycles. The summed E-state index contributed by atoms with van der Waals surface area (Å²) < 4.78 is 0. The molecule has 1 amide bonds. The molecule has 6 heteroatoms. The lowest BCUT2D eigenvalue weighted by atomic mass is 10.1. The third-order valence-corrected chi connectivity index (χ3v) is 5.37. The lowest BCUT2D eigenvalue weighted by molar-refractivity contribution is 0.0695. The molecule has 0 unspecified atom stereocenters. The van der Waals surface area contributed by atoms with E-state index < -0.39 is 0 Å². The molecule has 130 valence electrons. The molecule has 0 spiro atoms. The standard InChI is InChI=1S/C19H21N3O2S/c1-11(2)22(10-14-8-6-5-7-9-14)19(24)16-12(3)15-17(23)20-13(4)21-18(15)25-16/h5-9,11H,10H2,1-4H3,(H,20,21,23). The molecule has 0 aliphatic carbocycles. The second kappa shape index (κ2) is 6.80.